The van der Waals surface area contributed by atoms with E-state index < -0.39 is 5.82 Å². The number of ether oxygens (including phenoxy) is 2. The fourth-order valence-electron chi connectivity index (χ4n) is 3.60. The Morgan fingerprint density at radius 2 is 2.12 bits per heavy atom. The highest BCUT2D eigenvalue weighted by atomic mass is 19.1. The molecule has 1 aromatic heterocycles. The number of benzene rings is 1. The number of rotatable bonds is 6. The van der Waals surface area contributed by atoms with Crippen LogP contribution in [-0.2, 0) is 11.3 Å². The van der Waals surface area contributed by atoms with E-state index in [1.165, 1.54) is 25.2 Å². The molecule has 1 aliphatic rings. The van der Waals surface area contributed by atoms with Gasteiger partial charge in [0.05, 0.1) is 18.3 Å². The third-order valence-electron chi connectivity index (χ3n) is 5.32. The fraction of sp³-hybridized carbons (Fsp3) is 0.455. The topological polar surface area (TPSA) is 133 Å². The number of hydrogen-bond acceptors (Lipinski definition) is 7. The third-order valence-corrected chi connectivity index (χ3v) is 5.32. The van der Waals surface area contributed by atoms with Crippen molar-refractivity contribution in [1.29, 1.82) is 10.7 Å². The molecule has 0 bridgehead atoms. The SMILES string of the molecule is CC(C)OC(=O)N1CCC(n2ncc(COc3ccc(C(=N)N(C)N)cc3F)c2C#N)CC1. The number of hydrazine groups is 1. The van der Waals surface area contributed by atoms with Gasteiger partial charge in [0.25, 0.3) is 0 Å². The van der Waals surface area contributed by atoms with E-state index in [4.69, 9.17) is 20.7 Å². The molecule has 1 saturated heterocycles. The van der Waals surface area contributed by atoms with Crippen molar-refractivity contribution in [2.45, 2.75) is 45.4 Å². The van der Waals surface area contributed by atoms with Gasteiger partial charge in [-0.2, -0.15) is 10.4 Å². The summed E-state index contributed by atoms with van der Waals surface area (Å²) in [5, 5.41) is 23.0. The van der Waals surface area contributed by atoms with Gasteiger partial charge >= 0.3 is 6.09 Å². The first-order valence-electron chi connectivity index (χ1n) is 10.6. The number of hydrogen-bond donors (Lipinski definition) is 2. The number of nitriles is 1. The summed E-state index contributed by atoms with van der Waals surface area (Å²) in [6.45, 7) is 4.60. The molecule has 2 heterocycles. The number of aromatic nitrogens is 2. The van der Waals surface area contributed by atoms with E-state index in [-0.39, 0.29) is 36.4 Å². The molecule has 3 rings (SSSR count). The zero-order valence-corrected chi connectivity index (χ0v) is 18.9. The minimum absolute atomic E-state index is 0.000151. The quantitative estimate of drug-likeness (QED) is 0.295. The normalized spacial score (nSPS) is 14.2. The summed E-state index contributed by atoms with van der Waals surface area (Å²) in [5.41, 5.74) is 1.21. The molecule has 0 saturated carbocycles. The predicted molar refractivity (Wildman–Crippen MR) is 118 cm³/mol. The summed E-state index contributed by atoms with van der Waals surface area (Å²) >= 11 is 0. The lowest BCUT2D eigenvalue weighted by atomic mass is 10.1. The molecule has 1 amide bonds. The molecule has 0 aliphatic carbocycles. The zero-order chi connectivity index (χ0) is 24.1. The van der Waals surface area contributed by atoms with Crippen LogP contribution in [0.25, 0.3) is 0 Å². The molecular formula is C22H28FN7O3. The highest BCUT2D eigenvalue weighted by Crippen LogP contribution is 2.26. The lowest BCUT2D eigenvalue weighted by Crippen LogP contribution is -2.40. The van der Waals surface area contributed by atoms with E-state index in [2.05, 4.69) is 11.2 Å². The molecule has 0 atom stereocenters. The summed E-state index contributed by atoms with van der Waals surface area (Å²) in [4.78, 5) is 13.7. The number of nitrogens with one attached hydrogen (secondary N) is 1. The molecule has 176 valence electrons. The van der Waals surface area contributed by atoms with Crippen LogP contribution < -0.4 is 10.6 Å². The maximum atomic E-state index is 14.4. The molecule has 2 aromatic rings. The Morgan fingerprint density at radius 3 is 2.70 bits per heavy atom. The van der Waals surface area contributed by atoms with E-state index in [0.717, 1.165) is 5.01 Å². The molecule has 1 aromatic carbocycles. The molecule has 11 heteroatoms. The summed E-state index contributed by atoms with van der Waals surface area (Å²) in [6.07, 6.45) is 2.32. The van der Waals surface area contributed by atoms with Crippen molar-refractivity contribution in [2.75, 3.05) is 20.1 Å². The second kappa shape index (κ2) is 10.3. The number of likely N-dealkylation sites (tertiary alicyclic amines) is 1. The van der Waals surface area contributed by atoms with Crippen molar-refractivity contribution in [3.8, 4) is 11.8 Å². The van der Waals surface area contributed by atoms with Gasteiger partial charge in [0, 0.05) is 31.3 Å². The van der Waals surface area contributed by atoms with Crippen LogP contribution >= 0.6 is 0 Å². The number of nitrogens with two attached hydrogens (primary N) is 1. The van der Waals surface area contributed by atoms with E-state index in [9.17, 15) is 14.4 Å². The monoisotopic (exact) mass is 457 g/mol. The largest absolute Gasteiger partial charge is 0.486 e. The van der Waals surface area contributed by atoms with Crippen LogP contribution in [0.2, 0.25) is 0 Å². The molecule has 1 fully saturated rings. The van der Waals surface area contributed by atoms with Crippen LogP contribution in [0.3, 0.4) is 0 Å². The van der Waals surface area contributed by atoms with Crippen LogP contribution in [0, 0.1) is 22.6 Å². The Hall–Kier alpha value is -3.65. The van der Waals surface area contributed by atoms with Crippen LogP contribution in [0.4, 0.5) is 9.18 Å². The first-order valence-corrected chi connectivity index (χ1v) is 10.6. The van der Waals surface area contributed by atoms with Crippen LogP contribution in [0.15, 0.2) is 24.4 Å². The highest BCUT2D eigenvalue weighted by molar-refractivity contribution is 5.95. The first-order chi connectivity index (χ1) is 15.7. The summed E-state index contributed by atoms with van der Waals surface area (Å²) in [7, 11) is 1.49. The van der Waals surface area contributed by atoms with Crippen molar-refractivity contribution >= 4 is 11.9 Å². The molecule has 33 heavy (non-hydrogen) atoms. The van der Waals surface area contributed by atoms with Crippen LogP contribution in [-0.4, -0.2) is 57.9 Å². The van der Waals surface area contributed by atoms with Gasteiger partial charge in [-0.15, -0.1) is 0 Å². The van der Waals surface area contributed by atoms with Gasteiger partial charge in [-0.1, -0.05) is 0 Å². The number of carbonyl (C=O) groups is 1. The lowest BCUT2D eigenvalue weighted by molar-refractivity contribution is 0.0652. The van der Waals surface area contributed by atoms with Gasteiger partial charge in [0.15, 0.2) is 11.6 Å². The average molecular weight is 458 g/mol. The number of amides is 1. The van der Waals surface area contributed by atoms with Crippen molar-refractivity contribution in [3.05, 3.63) is 47.0 Å². The average Bonchev–Trinajstić information content (AvgIpc) is 3.20. The minimum Gasteiger partial charge on any atom is -0.486 e. The van der Waals surface area contributed by atoms with Crippen LogP contribution in [0.1, 0.15) is 49.6 Å². The number of piperidine rings is 1. The van der Waals surface area contributed by atoms with Gasteiger partial charge < -0.3 is 14.4 Å². The maximum Gasteiger partial charge on any atom is 0.410 e. The molecule has 0 radical (unpaired) electrons. The minimum atomic E-state index is -0.634. The highest BCUT2D eigenvalue weighted by Gasteiger charge is 2.28. The van der Waals surface area contributed by atoms with Crippen molar-refractivity contribution in [1.82, 2.24) is 19.7 Å². The zero-order valence-electron chi connectivity index (χ0n) is 18.9. The van der Waals surface area contributed by atoms with Gasteiger partial charge in [-0.3, -0.25) is 15.1 Å². The molecule has 3 N–H and O–H groups in total. The first kappa shape index (κ1) is 24.0. The Kier molecular flexibility index (Phi) is 7.50. The Bertz CT molecular complexity index is 1050. The lowest BCUT2D eigenvalue weighted by Gasteiger charge is -2.32. The molecule has 1 aliphatic heterocycles. The molecule has 0 unspecified atom stereocenters. The van der Waals surface area contributed by atoms with Gasteiger partial charge in [0.1, 0.15) is 24.2 Å². The maximum absolute atomic E-state index is 14.4. The summed E-state index contributed by atoms with van der Waals surface area (Å²) < 4.78 is 26.9. The number of halogens is 1. The van der Waals surface area contributed by atoms with Crippen molar-refractivity contribution in [2.24, 2.45) is 5.84 Å². The van der Waals surface area contributed by atoms with Gasteiger partial charge in [-0.05, 0) is 44.9 Å². The van der Waals surface area contributed by atoms with E-state index in [1.807, 2.05) is 0 Å². The van der Waals surface area contributed by atoms with E-state index in [0.29, 0.717) is 42.8 Å². The summed E-state index contributed by atoms with van der Waals surface area (Å²) in [5.74, 6) is 4.85. The van der Waals surface area contributed by atoms with Gasteiger partial charge in [-0.25, -0.2) is 15.0 Å². The van der Waals surface area contributed by atoms with Crippen LogP contribution in [0.5, 0.6) is 5.75 Å². The summed E-state index contributed by atoms with van der Waals surface area (Å²) in [6, 6.07) is 6.26. The number of carbonyl (C=O) groups excluding carboxylic acids is 1. The third kappa shape index (κ3) is 5.59. The standard InChI is InChI=1S/C22H28FN7O3/c1-14(2)33-22(31)29-8-6-17(7-9-29)30-19(11-24)16(12-27-30)13-32-20-5-4-15(10-18(20)23)21(25)28(3)26/h4-5,10,12,14,17,25H,6-9,13,26H2,1-3H3. The van der Waals surface area contributed by atoms with E-state index in [1.54, 1.807) is 29.6 Å². The Balaban J connectivity index is 1.64. The van der Waals surface area contributed by atoms with Crippen molar-refractivity contribution < 1.29 is 18.7 Å². The Labute approximate surface area is 191 Å². The number of nitrogens with zero attached hydrogens (tertiary/aromatic N) is 5. The second-order valence-electron chi connectivity index (χ2n) is 8.12. The molecule has 10 nitrogen and oxygen atoms in total. The van der Waals surface area contributed by atoms with E-state index >= 15 is 0 Å². The second-order valence-corrected chi connectivity index (χ2v) is 8.12. The van der Waals surface area contributed by atoms with Crippen molar-refractivity contribution in [3.63, 3.8) is 0 Å². The number of amidine groups is 1. The smallest absolute Gasteiger partial charge is 0.410 e. The molecular weight excluding hydrogens is 429 g/mol. The molecule has 0 spiro atoms. The van der Waals surface area contributed by atoms with Gasteiger partial charge in [0.2, 0.25) is 0 Å². The Morgan fingerprint density at radius 1 is 1.42 bits per heavy atom. The fourth-order valence-corrected chi connectivity index (χ4v) is 3.60. The predicted octanol–water partition coefficient (Wildman–Crippen LogP) is 2.79.